The average molecular weight is 335 g/mol. The Labute approximate surface area is 152 Å². The molecule has 0 aromatic carbocycles. The zero-order valence-corrected chi connectivity index (χ0v) is 17.3. The third kappa shape index (κ3) is 16.0. The van der Waals surface area contributed by atoms with Gasteiger partial charge in [0.2, 0.25) is 0 Å². The highest BCUT2D eigenvalue weighted by atomic mass is 16.1. The molecule has 0 aliphatic heterocycles. The third-order valence-corrected chi connectivity index (χ3v) is 4.86. The lowest BCUT2D eigenvalue weighted by Gasteiger charge is -2.14. The van der Waals surface area contributed by atoms with Crippen LogP contribution in [0.3, 0.4) is 0 Å². The molecule has 0 aromatic heterocycles. The largest absolute Gasteiger partial charge is 0.300 e. The van der Waals surface area contributed by atoms with E-state index >= 15 is 0 Å². The Balaban J connectivity index is 3.67. The van der Waals surface area contributed by atoms with E-state index < -0.39 is 0 Å². The molecule has 0 saturated heterocycles. The van der Waals surface area contributed by atoms with E-state index in [-0.39, 0.29) is 0 Å². The number of hydrogen-bond acceptors (Lipinski definition) is 1. The van der Waals surface area contributed by atoms with Crippen LogP contribution in [0, 0.1) is 11.8 Å². The van der Waals surface area contributed by atoms with Crippen LogP contribution in [0.4, 0.5) is 0 Å². The van der Waals surface area contributed by atoms with Crippen LogP contribution in [0.1, 0.15) is 106 Å². The highest BCUT2D eigenvalue weighted by Gasteiger charge is 2.05. The molecule has 0 saturated carbocycles. The third-order valence-electron chi connectivity index (χ3n) is 4.86. The van der Waals surface area contributed by atoms with Crippen LogP contribution in [0.25, 0.3) is 0 Å². The first kappa shape index (κ1) is 23.1. The maximum atomic E-state index is 10.9. The fraction of sp³-hybridized carbons (Fsp3) is 0.783. The van der Waals surface area contributed by atoms with Gasteiger partial charge in [-0.05, 0) is 71.6 Å². The van der Waals surface area contributed by atoms with Crippen molar-refractivity contribution in [1.82, 2.24) is 0 Å². The van der Waals surface area contributed by atoms with Crippen LogP contribution in [-0.2, 0) is 4.79 Å². The van der Waals surface area contributed by atoms with Crippen LogP contribution in [0.2, 0.25) is 0 Å². The molecule has 140 valence electrons. The van der Waals surface area contributed by atoms with Crippen LogP contribution < -0.4 is 0 Å². The van der Waals surface area contributed by atoms with Crippen molar-refractivity contribution in [2.75, 3.05) is 0 Å². The van der Waals surface area contributed by atoms with Gasteiger partial charge in [-0.1, -0.05) is 62.8 Å². The van der Waals surface area contributed by atoms with Crippen LogP contribution in [0.15, 0.2) is 23.3 Å². The monoisotopic (exact) mass is 334 g/mol. The van der Waals surface area contributed by atoms with Crippen LogP contribution >= 0.6 is 0 Å². The molecule has 0 amide bonds. The molecule has 0 N–H and O–H groups in total. The zero-order chi connectivity index (χ0) is 18.4. The standard InChI is InChI=1S/C23H42O/c1-19(2)11-7-12-20(3)13-8-14-21(4)15-9-16-22(5)17-10-18-23(6)24/h11,17,20-21H,7-10,12-16,18H2,1-6H3/b22-17-. The van der Waals surface area contributed by atoms with Gasteiger partial charge in [0, 0.05) is 6.42 Å². The molecule has 0 aliphatic carbocycles. The summed E-state index contributed by atoms with van der Waals surface area (Å²) in [6.45, 7) is 13.1. The second kappa shape index (κ2) is 14.5. The summed E-state index contributed by atoms with van der Waals surface area (Å²) in [6.07, 6.45) is 16.8. The summed E-state index contributed by atoms with van der Waals surface area (Å²) >= 11 is 0. The van der Waals surface area contributed by atoms with E-state index in [0.29, 0.717) is 12.2 Å². The first-order valence-electron chi connectivity index (χ1n) is 10.1. The summed E-state index contributed by atoms with van der Waals surface area (Å²) in [7, 11) is 0. The van der Waals surface area contributed by atoms with Crippen LogP contribution in [-0.4, -0.2) is 5.78 Å². The molecule has 0 spiro atoms. The Morgan fingerprint density at radius 2 is 1.33 bits per heavy atom. The quantitative estimate of drug-likeness (QED) is 0.298. The molecule has 0 aromatic rings. The normalized spacial score (nSPS) is 14.3. The fourth-order valence-corrected chi connectivity index (χ4v) is 3.11. The summed E-state index contributed by atoms with van der Waals surface area (Å²) < 4.78 is 0. The lowest BCUT2D eigenvalue weighted by molar-refractivity contribution is -0.116. The molecule has 0 fully saturated rings. The van der Waals surface area contributed by atoms with Gasteiger partial charge in [-0.25, -0.2) is 0 Å². The summed E-state index contributed by atoms with van der Waals surface area (Å²) in [5.74, 6) is 2.00. The number of Topliss-reactive ketones (excluding diaryl/α,β-unsaturated/α-hetero) is 1. The first-order valence-corrected chi connectivity index (χ1v) is 10.1. The molecule has 2 atom stereocenters. The smallest absolute Gasteiger partial charge is 0.130 e. The van der Waals surface area contributed by atoms with Crippen molar-refractivity contribution >= 4 is 5.78 Å². The minimum absolute atomic E-state index is 0.294. The van der Waals surface area contributed by atoms with E-state index in [0.717, 1.165) is 18.3 Å². The molecular weight excluding hydrogens is 292 g/mol. The number of hydrogen-bond donors (Lipinski definition) is 0. The van der Waals surface area contributed by atoms with E-state index in [2.05, 4.69) is 46.8 Å². The SMILES string of the molecule is CC(=O)CC/C=C(/C)CCCC(C)CCCC(C)CCC=C(C)C. The molecule has 0 heterocycles. The molecule has 0 rings (SSSR count). The van der Waals surface area contributed by atoms with Crippen molar-refractivity contribution in [2.45, 2.75) is 106 Å². The van der Waals surface area contributed by atoms with Gasteiger partial charge >= 0.3 is 0 Å². The fourth-order valence-electron chi connectivity index (χ4n) is 3.11. The van der Waals surface area contributed by atoms with Crippen molar-refractivity contribution in [3.05, 3.63) is 23.3 Å². The van der Waals surface area contributed by atoms with Gasteiger partial charge in [-0.2, -0.15) is 0 Å². The minimum atomic E-state index is 0.294. The Morgan fingerprint density at radius 3 is 1.92 bits per heavy atom. The lowest BCUT2D eigenvalue weighted by atomic mass is 9.92. The van der Waals surface area contributed by atoms with Gasteiger partial charge in [0.05, 0.1) is 0 Å². The number of allylic oxidation sites excluding steroid dienone is 4. The molecule has 0 aliphatic rings. The van der Waals surface area contributed by atoms with Crippen molar-refractivity contribution in [2.24, 2.45) is 11.8 Å². The minimum Gasteiger partial charge on any atom is -0.300 e. The number of carbonyl (C=O) groups excluding carboxylic acids is 1. The van der Waals surface area contributed by atoms with Gasteiger partial charge in [0.15, 0.2) is 0 Å². The average Bonchev–Trinajstić information content (AvgIpc) is 2.46. The van der Waals surface area contributed by atoms with Gasteiger partial charge in [-0.3, -0.25) is 0 Å². The van der Waals surface area contributed by atoms with Crippen molar-refractivity contribution in [1.29, 1.82) is 0 Å². The molecule has 24 heavy (non-hydrogen) atoms. The molecule has 0 bridgehead atoms. The molecular formula is C23H42O. The topological polar surface area (TPSA) is 17.1 Å². The Morgan fingerprint density at radius 1 is 0.750 bits per heavy atom. The number of carbonyl (C=O) groups is 1. The molecule has 0 radical (unpaired) electrons. The second-order valence-electron chi connectivity index (χ2n) is 8.18. The number of rotatable bonds is 14. The summed E-state index contributed by atoms with van der Waals surface area (Å²) in [5, 5.41) is 0. The van der Waals surface area contributed by atoms with Gasteiger partial charge in [0.25, 0.3) is 0 Å². The Bertz CT molecular complexity index is 385. The highest BCUT2D eigenvalue weighted by molar-refractivity contribution is 5.75. The van der Waals surface area contributed by atoms with Gasteiger partial charge in [0.1, 0.15) is 5.78 Å². The summed E-state index contributed by atoms with van der Waals surface area (Å²) in [6, 6.07) is 0. The predicted octanol–water partition coefficient (Wildman–Crippen LogP) is 7.66. The Hall–Kier alpha value is -0.850. The van der Waals surface area contributed by atoms with Crippen molar-refractivity contribution in [3.8, 4) is 0 Å². The van der Waals surface area contributed by atoms with Crippen LogP contribution in [0.5, 0.6) is 0 Å². The van der Waals surface area contributed by atoms with E-state index in [1.165, 1.54) is 62.5 Å². The van der Waals surface area contributed by atoms with E-state index in [1.807, 2.05) is 0 Å². The van der Waals surface area contributed by atoms with Gasteiger partial charge in [-0.15, -0.1) is 0 Å². The Kier molecular flexibility index (Phi) is 14.0. The summed E-state index contributed by atoms with van der Waals surface area (Å²) in [5.41, 5.74) is 2.90. The van der Waals surface area contributed by atoms with E-state index in [1.54, 1.807) is 6.92 Å². The maximum Gasteiger partial charge on any atom is 0.130 e. The first-order chi connectivity index (χ1) is 11.3. The molecule has 1 heteroatoms. The van der Waals surface area contributed by atoms with Crippen molar-refractivity contribution in [3.63, 3.8) is 0 Å². The molecule has 1 nitrogen and oxygen atoms in total. The van der Waals surface area contributed by atoms with Gasteiger partial charge < -0.3 is 4.79 Å². The maximum absolute atomic E-state index is 10.9. The second-order valence-corrected chi connectivity index (χ2v) is 8.18. The van der Waals surface area contributed by atoms with E-state index in [9.17, 15) is 4.79 Å². The molecule has 2 unspecified atom stereocenters. The van der Waals surface area contributed by atoms with E-state index in [4.69, 9.17) is 0 Å². The predicted molar refractivity (Wildman–Crippen MR) is 108 cm³/mol. The highest BCUT2D eigenvalue weighted by Crippen LogP contribution is 2.21. The number of ketones is 1. The zero-order valence-electron chi connectivity index (χ0n) is 17.3. The van der Waals surface area contributed by atoms with Crippen molar-refractivity contribution < 1.29 is 4.79 Å². The summed E-state index contributed by atoms with van der Waals surface area (Å²) in [4.78, 5) is 10.9. The lowest BCUT2D eigenvalue weighted by Crippen LogP contribution is -1.99.